The number of benzene rings is 1. The van der Waals surface area contributed by atoms with Gasteiger partial charge in [0.1, 0.15) is 5.60 Å². The number of allylic oxidation sites excluding steroid dienone is 4. The number of ether oxygens (including phenoxy) is 2. The van der Waals surface area contributed by atoms with Crippen molar-refractivity contribution < 1.29 is 14.3 Å². The molecule has 1 unspecified atom stereocenters. The summed E-state index contributed by atoms with van der Waals surface area (Å²) < 4.78 is 11.4. The number of hydrogen-bond donors (Lipinski definition) is 0. The van der Waals surface area contributed by atoms with Gasteiger partial charge in [-0.15, -0.1) is 0 Å². The molecule has 0 aliphatic carbocycles. The van der Waals surface area contributed by atoms with Crippen LogP contribution in [-0.4, -0.2) is 73.6 Å². The predicted molar refractivity (Wildman–Crippen MR) is 187 cm³/mol. The molecule has 1 amide bonds. The van der Waals surface area contributed by atoms with E-state index in [1.165, 1.54) is 0 Å². The van der Waals surface area contributed by atoms with Gasteiger partial charge in [-0.2, -0.15) is 5.26 Å². The number of nitrogens with zero attached hydrogens (tertiary/aromatic N) is 4. The maximum Gasteiger partial charge on any atom is 0.410 e. The zero-order chi connectivity index (χ0) is 33.9. The van der Waals surface area contributed by atoms with Gasteiger partial charge in [-0.05, 0) is 89.1 Å². The van der Waals surface area contributed by atoms with Crippen molar-refractivity contribution in [1.29, 1.82) is 5.26 Å². The Morgan fingerprint density at radius 3 is 2.38 bits per heavy atom. The Hall–Kier alpha value is -3.63. The normalized spacial score (nSPS) is 15.7. The third kappa shape index (κ3) is 11.7. The number of amides is 1. The minimum absolute atomic E-state index is 0.0452. The van der Waals surface area contributed by atoms with Crippen LogP contribution in [0.15, 0.2) is 70.4 Å². The van der Waals surface area contributed by atoms with Gasteiger partial charge >= 0.3 is 6.09 Å². The molecule has 7 nitrogen and oxygen atoms in total. The highest BCUT2D eigenvalue weighted by Crippen LogP contribution is 2.33. The predicted octanol–water partition coefficient (Wildman–Crippen LogP) is 8.38. The molecule has 0 aromatic heterocycles. The summed E-state index contributed by atoms with van der Waals surface area (Å²) in [5.74, 6) is 0.358. The van der Waals surface area contributed by atoms with Gasteiger partial charge in [0.25, 0.3) is 0 Å². The zero-order valence-electron chi connectivity index (χ0n) is 29.5. The van der Waals surface area contributed by atoms with E-state index in [2.05, 4.69) is 69.8 Å². The molecule has 1 aromatic carbocycles. The number of aliphatic imine (C=N–C) groups is 1. The molecular formula is C38H56N4O3. The van der Waals surface area contributed by atoms with Gasteiger partial charge in [-0.25, -0.2) is 4.79 Å². The van der Waals surface area contributed by atoms with Crippen LogP contribution in [0, 0.1) is 24.2 Å². The summed E-state index contributed by atoms with van der Waals surface area (Å²) in [6.07, 6.45) is 3.26. The molecule has 1 aliphatic heterocycles. The fourth-order valence-corrected chi connectivity index (χ4v) is 5.46. The number of hydrogen-bond acceptors (Lipinski definition) is 6. The number of carbonyl (C=O) groups excluding carboxylic acids is 1. The van der Waals surface area contributed by atoms with Crippen molar-refractivity contribution in [1.82, 2.24) is 9.80 Å². The Morgan fingerprint density at radius 2 is 1.84 bits per heavy atom. The van der Waals surface area contributed by atoms with Crippen LogP contribution in [0.5, 0.6) is 0 Å². The number of aryl methyl sites for hydroxylation is 1. The van der Waals surface area contributed by atoms with Crippen LogP contribution in [0.4, 0.5) is 4.79 Å². The molecular weight excluding hydrogens is 560 g/mol. The van der Waals surface area contributed by atoms with Crippen molar-refractivity contribution in [2.24, 2.45) is 10.9 Å². The van der Waals surface area contributed by atoms with Crippen LogP contribution in [0.2, 0.25) is 0 Å². The lowest BCUT2D eigenvalue weighted by Gasteiger charge is -2.34. The third-order valence-corrected chi connectivity index (χ3v) is 7.83. The second-order valence-electron chi connectivity index (χ2n) is 13.6. The molecule has 1 heterocycles. The Kier molecular flexibility index (Phi) is 14.3. The fourth-order valence-electron chi connectivity index (χ4n) is 5.46. The van der Waals surface area contributed by atoms with E-state index in [-0.39, 0.29) is 12.0 Å². The first-order valence-corrected chi connectivity index (χ1v) is 16.1. The van der Waals surface area contributed by atoms with Crippen LogP contribution in [-0.2, 0) is 9.47 Å². The molecule has 0 radical (unpaired) electrons. The lowest BCUT2D eigenvalue weighted by Crippen LogP contribution is -2.39. The quantitative estimate of drug-likeness (QED) is 0.126. The first-order chi connectivity index (χ1) is 21.1. The number of morpholine rings is 1. The Balaban J connectivity index is 2.57. The minimum Gasteiger partial charge on any atom is -0.444 e. The van der Waals surface area contributed by atoms with Crippen molar-refractivity contribution in [3.8, 4) is 6.07 Å². The van der Waals surface area contributed by atoms with Crippen molar-refractivity contribution in [2.75, 3.05) is 46.4 Å². The Morgan fingerprint density at radius 1 is 1.20 bits per heavy atom. The fraction of sp³-hybridized carbons (Fsp3) is 0.553. The Labute approximate surface area is 273 Å². The number of rotatable bonds is 13. The highest BCUT2D eigenvalue weighted by Gasteiger charge is 2.26. The number of carbonyl (C=O) groups is 1. The molecule has 2 rings (SSSR count). The zero-order valence-corrected chi connectivity index (χ0v) is 29.5. The monoisotopic (exact) mass is 616 g/mol. The van der Waals surface area contributed by atoms with Gasteiger partial charge in [-0.1, -0.05) is 57.2 Å². The van der Waals surface area contributed by atoms with Crippen LogP contribution in [0.25, 0.3) is 0 Å². The summed E-state index contributed by atoms with van der Waals surface area (Å²) in [6, 6.07) is 8.17. The van der Waals surface area contributed by atoms with Crippen LogP contribution in [0.3, 0.4) is 0 Å². The van der Waals surface area contributed by atoms with E-state index >= 15 is 0 Å². The van der Waals surface area contributed by atoms with Crippen molar-refractivity contribution in [3.05, 3.63) is 82.1 Å². The van der Waals surface area contributed by atoms with Gasteiger partial charge in [0.2, 0.25) is 0 Å². The van der Waals surface area contributed by atoms with E-state index in [1.54, 1.807) is 4.90 Å². The first kappa shape index (κ1) is 37.6. The second kappa shape index (κ2) is 17.2. The molecule has 45 heavy (non-hydrogen) atoms. The van der Waals surface area contributed by atoms with Crippen LogP contribution >= 0.6 is 0 Å². The van der Waals surface area contributed by atoms with E-state index in [1.807, 2.05) is 52.9 Å². The summed E-state index contributed by atoms with van der Waals surface area (Å²) in [5, 5.41) is 9.57. The van der Waals surface area contributed by atoms with E-state index in [4.69, 9.17) is 9.47 Å². The van der Waals surface area contributed by atoms with E-state index in [0.29, 0.717) is 50.6 Å². The Bertz CT molecular complexity index is 1350. The van der Waals surface area contributed by atoms with Gasteiger partial charge < -0.3 is 19.3 Å². The van der Waals surface area contributed by atoms with Crippen molar-refractivity contribution in [3.63, 3.8) is 0 Å². The minimum atomic E-state index is -0.557. The van der Waals surface area contributed by atoms with Gasteiger partial charge in [0.05, 0.1) is 24.8 Å². The largest absolute Gasteiger partial charge is 0.444 e. The van der Waals surface area contributed by atoms with Gasteiger partial charge in [0, 0.05) is 56.1 Å². The SMILES string of the molecule is C=C(CCN(CC(C)C)C(=O)OC(C)(C)C)C/C(C(=C)C)=C(C(/C)=N\C)\C(=C/C(C)c1cc(C#N)ccc1C)N1CCOCC1. The summed E-state index contributed by atoms with van der Waals surface area (Å²) >= 11 is 0. The van der Waals surface area contributed by atoms with Gasteiger partial charge in [-0.3, -0.25) is 4.99 Å². The lowest BCUT2D eigenvalue weighted by atomic mass is 9.87. The first-order valence-electron chi connectivity index (χ1n) is 16.1. The molecule has 0 saturated carbocycles. The second-order valence-corrected chi connectivity index (χ2v) is 13.6. The maximum absolute atomic E-state index is 13.0. The average molecular weight is 617 g/mol. The average Bonchev–Trinajstić information content (AvgIpc) is 2.97. The summed E-state index contributed by atoms with van der Waals surface area (Å²) in [5.41, 5.74) is 8.49. The highest BCUT2D eigenvalue weighted by atomic mass is 16.6. The standard InChI is InChI=1S/C38H56N4O3/c1-26(2)25-42(37(43)45-38(9,10)11)16-15-28(5)21-33(27(3)4)36(31(8)40-12)35(41-17-19-44-20-18-41)22-30(7)34-23-32(24-39)14-13-29(34)6/h13-14,22-23,26,30H,3,5,15-21,25H2,1-2,4,6-12H3/b35-22+,36-33+,40-31-. The van der Waals surface area contributed by atoms with Crippen LogP contribution in [0.1, 0.15) is 90.8 Å². The van der Waals surface area contributed by atoms with Crippen molar-refractivity contribution >= 4 is 11.8 Å². The van der Waals surface area contributed by atoms with Gasteiger partial charge in [0.15, 0.2) is 0 Å². The maximum atomic E-state index is 13.0. The molecule has 1 aliphatic rings. The molecule has 1 atom stereocenters. The summed E-state index contributed by atoms with van der Waals surface area (Å²) in [6.45, 7) is 31.1. The summed E-state index contributed by atoms with van der Waals surface area (Å²) in [7, 11) is 1.83. The lowest BCUT2D eigenvalue weighted by molar-refractivity contribution is 0.0230. The highest BCUT2D eigenvalue weighted by molar-refractivity contribution is 6.03. The van der Waals surface area contributed by atoms with E-state index < -0.39 is 5.60 Å². The summed E-state index contributed by atoms with van der Waals surface area (Å²) in [4.78, 5) is 21.9. The number of nitriles is 1. The van der Waals surface area contributed by atoms with E-state index in [0.717, 1.165) is 57.9 Å². The molecule has 1 saturated heterocycles. The topological polar surface area (TPSA) is 78.2 Å². The molecule has 7 heteroatoms. The molecule has 0 N–H and O–H groups in total. The third-order valence-electron chi connectivity index (χ3n) is 7.83. The van der Waals surface area contributed by atoms with Crippen molar-refractivity contribution in [2.45, 2.75) is 86.7 Å². The molecule has 0 bridgehead atoms. The van der Waals surface area contributed by atoms with Crippen LogP contribution < -0.4 is 0 Å². The molecule has 1 fully saturated rings. The molecule has 0 spiro atoms. The molecule has 1 aromatic rings. The smallest absolute Gasteiger partial charge is 0.410 e. The molecule has 246 valence electrons. The van der Waals surface area contributed by atoms with E-state index in [9.17, 15) is 10.1 Å².